The number of aromatic carboxylic acids is 1. The van der Waals surface area contributed by atoms with Crippen molar-refractivity contribution < 1.29 is 22.5 Å². The van der Waals surface area contributed by atoms with Crippen molar-refractivity contribution in [3.05, 3.63) is 33.8 Å². The van der Waals surface area contributed by atoms with E-state index in [1.54, 1.807) is 6.07 Å². The molecule has 0 fully saturated rings. The zero-order valence-electron chi connectivity index (χ0n) is 10.1. The summed E-state index contributed by atoms with van der Waals surface area (Å²) >= 11 is 3.22. The third-order valence-corrected chi connectivity index (χ3v) is 5.53. The van der Waals surface area contributed by atoms with E-state index in [2.05, 4.69) is 15.9 Å². The monoisotopic (exact) mass is 368 g/mol. The van der Waals surface area contributed by atoms with Gasteiger partial charge < -0.3 is 5.11 Å². The normalized spacial score (nSPS) is 13.2. The average Bonchev–Trinajstić information content (AvgIpc) is 2.28. The summed E-state index contributed by atoms with van der Waals surface area (Å²) in [5.74, 6) is -0.891. The molecule has 0 bridgehead atoms. The van der Waals surface area contributed by atoms with Gasteiger partial charge in [0, 0.05) is 33.0 Å². The predicted molar refractivity (Wildman–Crippen MR) is 77.5 cm³/mol. The lowest BCUT2D eigenvalue weighted by Crippen LogP contribution is -2.13. The minimum atomic E-state index is -3.12. The molecular weight excluding hydrogens is 356 g/mol. The highest BCUT2D eigenvalue weighted by molar-refractivity contribution is 9.10. The van der Waals surface area contributed by atoms with Gasteiger partial charge in [-0.1, -0.05) is 22.0 Å². The van der Waals surface area contributed by atoms with Gasteiger partial charge in [0.15, 0.2) is 0 Å². The van der Waals surface area contributed by atoms with Gasteiger partial charge in [-0.25, -0.2) is 13.2 Å². The number of carbonyl (C=O) groups is 1. The van der Waals surface area contributed by atoms with Gasteiger partial charge in [0.2, 0.25) is 0 Å². The second-order valence-electron chi connectivity index (χ2n) is 4.03. The zero-order chi connectivity index (χ0) is 14.6. The number of carboxylic acid groups (broad SMARTS) is 1. The third kappa shape index (κ3) is 5.84. The average molecular weight is 369 g/mol. The molecule has 0 aliphatic heterocycles. The molecule has 0 aliphatic carbocycles. The van der Waals surface area contributed by atoms with Gasteiger partial charge >= 0.3 is 5.97 Å². The number of sulfone groups is 1. The maximum Gasteiger partial charge on any atom is 0.335 e. The number of benzene rings is 1. The van der Waals surface area contributed by atoms with Crippen molar-refractivity contribution in [2.75, 3.05) is 17.8 Å². The van der Waals surface area contributed by atoms with Crippen LogP contribution in [0, 0.1) is 0 Å². The molecule has 0 heterocycles. The van der Waals surface area contributed by atoms with Crippen molar-refractivity contribution >= 4 is 42.5 Å². The van der Waals surface area contributed by atoms with Gasteiger partial charge in [0.05, 0.1) is 11.3 Å². The Morgan fingerprint density at radius 2 is 2.05 bits per heavy atom. The Morgan fingerprint density at radius 3 is 2.53 bits per heavy atom. The number of rotatable bonds is 6. The lowest BCUT2D eigenvalue weighted by Gasteiger charge is -2.05. The quantitative estimate of drug-likeness (QED) is 0.820. The summed E-state index contributed by atoms with van der Waals surface area (Å²) in [6.45, 7) is 0. The first-order chi connectivity index (χ1) is 8.69. The van der Waals surface area contributed by atoms with Crippen LogP contribution >= 0.6 is 15.9 Å². The number of halogens is 1. The topological polar surface area (TPSA) is 88.5 Å². The minimum Gasteiger partial charge on any atom is -0.478 e. The van der Waals surface area contributed by atoms with E-state index in [1.165, 1.54) is 12.1 Å². The molecule has 0 radical (unpaired) electrons. The summed E-state index contributed by atoms with van der Waals surface area (Å²) < 4.78 is 34.2. The van der Waals surface area contributed by atoms with Crippen LogP contribution in [-0.2, 0) is 26.4 Å². The van der Waals surface area contributed by atoms with Gasteiger partial charge in [0.1, 0.15) is 9.84 Å². The van der Waals surface area contributed by atoms with Crippen LogP contribution in [0.1, 0.15) is 15.9 Å². The lowest BCUT2D eigenvalue weighted by atomic mass is 10.1. The van der Waals surface area contributed by atoms with Crippen molar-refractivity contribution in [2.45, 2.75) is 5.75 Å². The molecule has 1 N–H and O–H groups in total. The smallest absolute Gasteiger partial charge is 0.335 e. The molecule has 5 nitrogen and oxygen atoms in total. The Hall–Kier alpha value is -0.730. The highest BCUT2D eigenvalue weighted by Gasteiger charge is 2.11. The lowest BCUT2D eigenvalue weighted by molar-refractivity contribution is 0.0697. The van der Waals surface area contributed by atoms with Gasteiger partial charge in [-0.15, -0.1) is 0 Å². The summed E-state index contributed by atoms with van der Waals surface area (Å²) in [4.78, 5) is 10.8. The number of carboxylic acids is 1. The summed E-state index contributed by atoms with van der Waals surface area (Å²) in [5, 5.41) is 8.81. The molecule has 0 aliphatic rings. The Kier molecular flexibility index (Phi) is 5.69. The van der Waals surface area contributed by atoms with E-state index >= 15 is 0 Å². The molecule has 19 heavy (non-hydrogen) atoms. The van der Waals surface area contributed by atoms with E-state index in [1.807, 2.05) is 0 Å². The first-order valence-corrected chi connectivity index (χ1v) is 9.57. The van der Waals surface area contributed by atoms with Crippen molar-refractivity contribution in [2.24, 2.45) is 0 Å². The molecule has 1 atom stereocenters. The van der Waals surface area contributed by atoms with Gasteiger partial charge in [0.25, 0.3) is 0 Å². The largest absolute Gasteiger partial charge is 0.478 e. The van der Waals surface area contributed by atoms with E-state index in [4.69, 9.17) is 5.11 Å². The van der Waals surface area contributed by atoms with Crippen LogP contribution in [0.5, 0.6) is 0 Å². The molecule has 0 saturated heterocycles. The highest BCUT2D eigenvalue weighted by atomic mass is 79.9. The maximum atomic E-state index is 11.7. The highest BCUT2D eigenvalue weighted by Crippen LogP contribution is 2.20. The molecule has 0 aromatic heterocycles. The Labute approximate surface area is 122 Å². The molecule has 0 spiro atoms. The molecule has 1 aromatic rings. The van der Waals surface area contributed by atoms with Crippen molar-refractivity contribution in [3.8, 4) is 0 Å². The molecule has 0 amide bonds. The molecule has 0 saturated carbocycles. The zero-order valence-corrected chi connectivity index (χ0v) is 13.3. The van der Waals surface area contributed by atoms with Crippen LogP contribution in [-0.4, -0.2) is 41.5 Å². The van der Waals surface area contributed by atoms with Crippen LogP contribution in [0.4, 0.5) is 0 Å². The van der Waals surface area contributed by atoms with Crippen LogP contribution in [0.15, 0.2) is 22.7 Å². The summed E-state index contributed by atoms with van der Waals surface area (Å²) in [5.41, 5.74) is 0.828. The SMILES string of the molecule is CS(=O)(=O)CCS(=O)Cc1ccc(C(=O)O)cc1Br. The van der Waals surface area contributed by atoms with Crippen LogP contribution in [0.3, 0.4) is 0 Å². The molecular formula is C11H13BrO5S2. The van der Waals surface area contributed by atoms with Crippen LogP contribution < -0.4 is 0 Å². The van der Waals surface area contributed by atoms with E-state index < -0.39 is 26.6 Å². The van der Waals surface area contributed by atoms with E-state index in [0.717, 1.165) is 6.26 Å². The van der Waals surface area contributed by atoms with Crippen molar-refractivity contribution in [3.63, 3.8) is 0 Å². The van der Waals surface area contributed by atoms with E-state index in [0.29, 0.717) is 10.0 Å². The van der Waals surface area contributed by atoms with Crippen LogP contribution in [0.2, 0.25) is 0 Å². The first-order valence-electron chi connectivity index (χ1n) is 5.23. The second kappa shape index (κ2) is 6.62. The molecule has 1 unspecified atom stereocenters. The molecule has 8 heteroatoms. The Balaban J connectivity index is 2.72. The van der Waals surface area contributed by atoms with Gasteiger partial charge in [-0.2, -0.15) is 0 Å². The van der Waals surface area contributed by atoms with Crippen molar-refractivity contribution in [1.29, 1.82) is 0 Å². The maximum absolute atomic E-state index is 11.7. The predicted octanol–water partition coefficient (Wildman–Crippen LogP) is 1.44. The van der Waals surface area contributed by atoms with Gasteiger partial charge in [-0.05, 0) is 17.7 Å². The fraction of sp³-hybridized carbons (Fsp3) is 0.364. The fourth-order valence-electron chi connectivity index (χ4n) is 1.29. The summed E-state index contributed by atoms with van der Waals surface area (Å²) in [7, 11) is -4.42. The molecule has 1 aromatic carbocycles. The molecule has 1 rings (SSSR count). The van der Waals surface area contributed by atoms with E-state index in [-0.39, 0.29) is 22.8 Å². The van der Waals surface area contributed by atoms with Gasteiger partial charge in [-0.3, -0.25) is 4.21 Å². The second-order valence-corrected chi connectivity index (χ2v) is 8.72. The Bertz CT molecular complexity index is 610. The van der Waals surface area contributed by atoms with Crippen molar-refractivity contribution in [1.82, 2.24) is 0 Å². The van der Waals surface area contributed by atoms with E-state index in [9.17, 15) is 17.4 Å². The fourth-order valence-corrected chi connectivity index (χ4v) is 4.69. The van der Waals surface area contributed by atoms with Crippen LogP contribution in [0.25, 0.3) is 0 Å². The Morgan fingerprint density at radius 1 is 1.42 bits per heavy atom. The number of hydrogen-bond donors (Lipinski definition) is 1. The standard InChI is InChI=1S/C11H13BrO5S2/c1-19(16,17)5-4-18(15)7-9-3-2-8(11(13)14)6-10(9)12/h2-3,6H,4-5,7H2,1H3,(H,13,14). The minimum absolute atomic E-state index is 0.0754. The summed E-state index contributed by atoms with van der Waals surface area (Å²) in [6.07, 6.45) is 1.10. The number of hydrogen-bond acceptors (Lipinski definition) is 4. The molecule has 106 valence electrons. The third-order valence-electron chi connectivity index (χ3n) is 2.30. The first kappa shape index (κ1) is 16.3. The summed E-state index contributed by atoms with van der Waals surface area (Å²) in [6, 6.07) is 4.44.